The van der Waals surface area contributed by atoms with Crippen LogP contribution in [0.1, 0.15) is 26.2 Å². The number of aldehydes is 1. The second-order valence-electron chi connectivity index (χ2n) is 2.98. The first kappa shape index (κ1) is 7.73. The summed E-state index contributed by atoms with van der Waals surface area (Å²) in [7, 11) is 0. The van der Waals surface area contributed by atoms with E-state index in [9.17, 15) is 4.79 Å². The molecule has 1 atom stereocenters. The molecule has 0 bridgehead atoms. The summed E-state index contributed by atoms with van der Waals surface area (Å²) in [6.07, 6.45) is 4.10. The molecule has 0 spiro atoms. The summed E-state index contributed by atoms with van der Waals surface area (Å²) in [4.78, 5) is 12.4. The number of carbonyl (C=O) groups excluding carboxylic acids is 1. The number of hydrogen-bond acceptors (Lipinski definition) is 2. The number of nitrogens with zero attached hydrogens (tertiary/aromatic N) is 1. The van der Waals surface area contributed by atoms with Crippen LogP contribution in [-0.2, 0) is 4.79 Å². The van der Waals surface area contributed by atoms with E-state index < -0.39 is 0 Å². The summed E-state index contributed by atoms with van der Waals surface area (Å²) in [6.45, 7) is 4.67. The largest absolute Gasteiger partial charge is 0.303 e. The Balaban J connectivity index is 2.07. The SMILES string of the molecule is CC(CCC=O)N1CCC1. The molecular weight excluding hydrogens is 126 g/mol. The van der Waals surface area contributed by atoms with Gasteiger partial charge in [0.15, 0.2) is 0 Å². The standard InChI is InChI=1S/C8H15NO/c1-8(4-2-7-10)9-5-3-6-9/h7-8H,2-6H2,1H3. The lowest BCUT2D eigenvalue weighted by Crippen LogP contribution is -2.43. The van der Waals surface area contributed by atoms with E-state index in [0.29, 0.717) is 6.04 Å². The van der Waals surface area contributed by atoms with Crippen LogP contribution >= 0.6 is 0 Å². The molecule has 58 valence electrons. The first-order chi connectivity index (χ1) is 4.84. The third-order valence-electron chi connectivity index (χ3n) is 2.22. The zero-order valence-electron chi connectivity index (χ0n) is 6.55. The fourth-order valence-corrected chi connectivity index (χ4v) is 1.27. The highest BCUT2D eigenvalue weighted by Gasteiger charge is 2.18. The molecule has 1 fully saturated rings. The number of carbonyl (C=O) groups is 1. The highest BCUT2D eigenvalue weighted by Crippen LogP contribution is 2.13. The topological polar surface area (TPSA) is 20.3 Å². The van der Waals surface area contributed by atoms with Crippen molar-refractivity contribution in [2.24, 2.45) is 0 Å². The fraction of sp³-hybridized carbons (Fsp3) is 0.875. The van der Waals surface area contributed by atoms with Gasteiger partial charge in [-0.3, -0.25) is 0 Å². The van der Waals surface area contributed by atoms with Crippen LogP contribution in [0.3, 0.4) is 0 Å². The maximum Gasteiger partial charge on any atom is 0.120 e. The van der Waals surface area contributed by atoms with E-state index in [1.807, 2.05) is 0 Å². The lowest BCUT2D eigenvalue weighted by molar-refractivity contribution is -0.108. The Bertz CT molecular complexity index is 110. The molecule has 2 nitrogen and oxygen atoms in total. The van der Waals surface area contributed by atoms with Crippen LogP contribution in [0.15, 0.2) is 0 Å². The van der Waals surface area contributed by atoms with Crippen molar-refractivity contribution in [3.8, 4) is 0 Å². The van der Waals surface area contributed by atoms with Crippen LogP contribution in [0.2, 0.25) is 0 Å². The molecule has 0 radical (unpaired) electrons. The van der Waals surface area contributed by atoms with Crippen molar-refractivity contribution in [1.29, 1.82) is 0 Å². The van der Waals surface area contributed by atoms with E-state index in [1.54, 1.807) is 0 Å². The van der Waals surface area contributed by atoms with Gasteiger partial charge in [-0.1, -0.05) is 0 Å². The molecular formula is C8H15NO. The lowest BCUT2D eigenvalue weighted by atomic mass is 10.1. The first-order valence-corrected chi connectivity index (χ1v) is 4.02. The highest BCUT2D eigenvalue weighted by atomic mass is 16.1. The van der Waals surface area contributed by atoms with Crippen molar-refractivity contribution < 1.29 is 4.79 Å². The van der Waals surface area contributed by atoms with Crippen LogP contribution < -0.4 is 0 Å². The Morgan fingerprint density at radius 2 is 2.30 bits per heavy atom. The molecule has 0 N–H and O–H groups in total. The number of likely N-dealkylation sites (tertiary alicyclic amines) is 1. The Kier molecular flexibility index (Phi) is 2.87. The van der Waals surface area contributed by atoms with Crippen molar-refractivity contribution in [3.05, 3.63) is 0 Å². The van der Waals surface area contributed by atoms with E-state index in [-0.39, 0.29) is 0 Å². The van der Waals surface area contributed by atoms with Crippen molar-refractivity contribution >= 4 is 6.29 Å². The molecule has 0 saturated carbocycles. The summed E-state index contributed by atoms with van der Waals surface area (Å²) in [5.41, 5.74) is 0. The molecule has 0 amide bonds. The van der Waals surface area contributed by atoms with Gasteiger partial charge in [-0.25, -0.2) is 0 Å². The summed E-state index contributed by atoms with van der Waals surface area (Å²) in [6, 6.07) is 0.624. The van der Waals surface area contributed by atoms with E-state index >= 15 is 0 Å². The van der Waals surface area contributed by atoms with Crippen LogP contribution in [-0.4, -0.2) is 30.3 Å². The van der Waals surface area contributed by atoms with Gasteiger partial charge in [-0.2, -0.15) is 0 Å². The number of rotatable bonds is 4. The smallest absolute Gasteiger partial charge is 0.120 e. The maximum absolute atomic E-state index is 10.0. The second-order valence-corrected chi connectivity index (χ2v) is 2.98. The highest BCUT2D eigenvalue weighted by molar-refractivity contribution is 5.49. The molecule has 10 heavy (non-hydrogen) atoms. The molecule has 0 aliphatic carbocycles. The normalized spacial score (nSPS) is 21.7. The zero-order chi connectivity index (χ0) is 7.40. The van der Waals surface area contributed by atoms with E-state index in [0.717, 1.165) is 19.1 Å². The Morgan fingerprint density at radius 3 is 2.70 bits per heavy atom. The van der Waals surface area contributed by atoms with E-state index in [2.05, 4.69) is 11.8 Å². The van der Waals surface area contributed by atoms with Gasteiger partial charge in [-0.05, 0) is 32.9 Å². The molecule has 1 aliphatic rings. The molecule has 1 aliphatic heterocycles. The van der Waals surface area contributed by atoms with Gasteiger partial charge in [0.05, 0.1) is 0 Å². The number of hydrogen-bond donors (Lipinski definition) is 0. The Hall–Kier alpha value is -0.370. The fourth-order valence-electron chi connectivity index (χ4n) is 1.27. The van der Waals surface area contributed by atoms with Crippen LogP contribution in [0, 0.1) is 0 Å². The molecule has 2 heteroatoms. The van der Waals surface area contributed by atoms with Gasteiger partial charge in [0.1, 0.15) is 6.29 Å². The molecule has 0 aromatic carbocycles. The van der Waals surface area contributed by atoms with Gasteiger partial charge in [0, 0.05) is 12.5 Å². The van der Waals surface area contributed by atoms with Crippen molar-refractivity contribution in [2.75, 3.05) is 13.1 Å². The van der Waals surface area contributed by atoms with Gasteiger partial charge in [0.2, 0.25) is 0 Å². The van der Waals surface area contributed by atoms with E-state index in [1.165, 1.54) is 19.5 Å². The summed E-state index contributed by atoms with van der Waals surface area (Å²) in [5.74, 6) is 0. The lowest BCUT2D eigenvalue weighted by Gasteiger charge is -2.36. The van der Waals surface area contributed by atoms with E-state index in [4.69, 9.17) is 0 Å². The maximum atomic E-state index is 10.0. The minimum atomic E-state index is 0.624. The molecule has 1 unspecified atom stereocenters. The van der Waals surface area contributed by atoms with Gasteiger partial charge < -0.3 is 9.69 Å². The average Bonchev–Trinajstić information content (AvgIpc) is 1.79. The zero-order valence-corrected chi connectivity index (χ0v) is 6.55. The van der Waals surface area contributed by atoms with Crippen LogP contribution in [0.5, 0.6) is 0 Å². The molecule has 0 aromatic rings. The van der Waals surface area contributed by atoms with Gasteiger partial charge >= 0.3 is 0 Å². The average molecular weight is 141 g/mol. The quantitative estimate of drug-likeness (QED) is 0.546. The summed E-state index contributed by atoms with van der Waals surface area (Å²) < 4.78 is 0. The van der Waals surface area contributed by atoms with Crippen molar-refractivity contribution in [1.82, 2.24) is 4.90 Å². The minimum absolute atomic E-state index is 0.624. The van der Waals surface area contributed by atoms with Crippen LogP contribution in [0.25, 0.3) is 0 Å². The van der Waals surface area contributed by atoms with Crippen molar-refractivity contribution in [3.63, 3.8) is 0 Å². The van der Waals surface area contributed by atoms with Gasteiger partial charge in [0.25, 0.3) is 0 Å². The monoisotopic (exact) mass is 141 g/mol. The minimum Gasteiger partial charge on any atom is -0.303 e. The predicted octanol–water partition coefficient (Wildman–Crippen LogP) is 1.06. The summed E-state index contributed by atoms with van der Waals surface area (Å²) >= 11 is 0. The van der Waals surface area contributed by atoms with Crippen molar-refractivity contribution in [2.45, 2.75) is 32.2 Å². The molecule has 1 saturated heterocycles. The van der Waals surface area contributed by atoms with Crippen LogP contribution in [0.4, 0.5) is 0 Å². The first-order valence-electron chi connectivity index (χ1n) is 4.02. The molecule has 0 aromatic heterocycles. The summed E-state index contributed by atoms with van der Waals surface area (Å²) in [5, 5.41) is 0. The molecule has 1 heterocycles. The second kappa shape index (κ2) is 3.71. The third kappa shape index (κ3) is 1.81. The molecule has 1 rings (SSSR count). The third-order valence-corrected chi connectivity index (χ3v) is 2.22. The van der Waals surface area contributed by atoms with Gasteiger partial charge in [-0.15, -0.1) is 0 Å². The predicted molar refractivity (Wildman–Crippen MR) is 41.0 cm³/mol. The Morgan fingerprint density at radius 1 is 1.60 bits per heavy atom. The Labute approximate surface area is 62.2 Å².